The van der Waals surface area contributed by atoms with E-state index < -0.39 is 23.8 Å². The van der Waals surface area contributed by atoms with Crippen LogP contribution in [0.1, 0.15) is 50.4 Å². The first-order valence-electron chi connectivity index (χ1n) is 11.8. The highest BCUT2D eigenvalue weighted by molar-refractivity contribution is 5.95. The van der Waals surface area contributed by atoms with Crippen LogP contribution in [0.4, 0.5) is 8.78 Å². The first kappa shape index (κ1) is 24.2. The van der Waals surface area contributed by atoms with Crippen LogP contribution in [0, 0.1) is 0 Å². The van der Waals surface area contributed by atoms with Crippen molar-refractivity contribution in [2.45, 2.75) is 69.8 Å². The summed E-state index contributed by atoms with van der Waals surface area (Å²) in [6.07, 6.45) is -3.84. The van der Waals surface area contributed by atoms with Crippen molar-refractivity contribution in [1.29, 1.82) is 0 Å². The number of carbonyl (C=O) groups is 2. The maximum absolute atomic E-state index is 13.4. The van der Waals surface area contributed by atoms with Crippen LogP contribution in [0.25, 0.3) is 10.9 Å². The Bertz CT molecular complexity index is 1380. The number of carbonyl (C=O) groups excluding carboxylic acids is 1. The summed E-state index contributed by atoms with van der Waals surface area (Å²) < 4.78 is 37.7. The Balaban J connectivity index is 1.42. The van der Waals surface area contributed by atoms with Gasteiger partial charge in [0.1, 0.15) is 5.78 Å². The summed E-state index contributed by atoms with van der Waals surface area (Å²) in [6, 6.07) is 12.0. The van der Waals surface area contributed by atoms with E-state index in [0.717, 1.165) is 22.2 Å². The van der Waals surface area contributed by atoms with Crippen LogP contribution < -0.4 is 9.47 Å². The van der Waals surface area contributed by atoms with Gasteiger partial charge in [0.15, 0.2) is 17.6 Å². The Morgan fingerprint density at radius 1 is 1.06 bits per heavy atom. The molecule has 1 unspecified atom stereocenters. The molecule has 9 heteroatoms. The predicted octanol–water partition coefficient (Wildman–Crippen LogP) is 4.55. The van der Waals surface area contributed by atoms with Gasteiger partial charge in [0.25, 0.3) is 0 Å². The van der Waals surface area contributed by atoms with Gasteiger partial charge in [0.2, 0.25) is 0 Å². The number of aliphatic hydroxyl groups is 1. The highest BCUT2D eigenvalue weighted by Gasteiger charge is 2.52. The second kappa shape index (κ2) is 8.03. The Morgan fingerprint density at radius 2 is 1.75 bits per heavy atom. The fraction of sp³-hybridized carbons (Fsp3) is 0.407. The van der Waals surface area contributed by atoms with Crippen molar-refractivity contribution in [2.24, 2.45) is 0 Å². The van der Waals surface area contributed by atoms with Gasteiger partial charge in [-0.1, -0.05) is 32.9 Å². The molecule has 0 amide bonds. The van der Waals surface area contributed by atoms with Crippen LogP contribution in [0.2, 0.25) is 0 Å². The second-order valence-corrected chi connectivity index (χ2v) is 10.6. The molecule has 1 atom stereocenters. The minimum Gasteiger partial charge on any atom is -0.479 e. The van der Waals surface area contributed by atoms with Gasteiger partial charge in [-0.15, -0.1) is 8.78 Å². The van der Waals surface area contributed by atoms with E-state index in [1.165, 1.54) is 12.1 Å². The third-order valence-electron chi connectivity index (χ3n) is 6.98. The second-order valence-electron chi connectivity index (χ2n) is 10.6. The zero-order chi connectivity index (χ0) is 26.0. The molecule has 0 spiro atoms. The van der Waals surface area contributed by atoms with E-state index in [0.29, 0.717) is 18.4 Å². The monoisotopic (exact) mass is 499 g/mol. The summed E-state index contributed by atoms with van der Waals surface area (Å²) in [5, 5.41) is 20.0. The van der Waals surface area contributed by atoms with Crippen molar-refractivity contribution < 1.29 is 38.1 Å². The third kappa shape index (κ3) is 4.21. The lowest BCUT2D eigenvalue weighted by atomic mass is 9.87. The van der Waals surface area contributed by atoms with Crippen LogP contribution in [0.15, 0.2) is 42.5 Å². The number of aliphatic hydroxyl groups excluding tert-OH is 1. The van der Waals surface area contributed by atoms with E-state index in [1.807, 2.05) is 49.6 Å². The maximum atomic E-state index is 13.4. The maximum Gasteiger partial charge on any atom is 0.586 e. The molecule has 2 aromatic carbocycles. The molecule has 0 radical (unpaired) electrons. The van der Waals surface area contributed by atoms with Crippen molar-refractivity contribution >= 4 is 22.7 Å². The molecule has 5 rings (SSSR count). The number of halogens is 2. The SMILES string of the molecule is CC(C)(C)c1cc2cc(CC(=O)C3(c4ccc5c(c4)OC(F)(F)O5)CC3)ccc2n1CC(O)C(=O)O. The molecule has 2 aliphatic rings. The average Bonchev–Trinajstić information content (AvgIpc) is 3.42. The highest BCUT2D eigenvalue weighted by Crippen LogP contribution is 2.52. The molecule has 1 aliphatic heterocycles. The zero-order valence-corrected chi connectivity index (χ0v) is 20.2. The van der Waals surface area contributed by atoms with E-state index >= 15 is 0 Å². The summed E-state index contributed by atoms with van der Waals surface area (Å²) >= 11 is 0. The number of Topliss-reactive ketones (excluding diaryl/α,β-unsaturated/α-hetero) is 1. The zero-order valence-electron chi connectivity index (χ0n) is 20.2. The smallest absolute Gasteiger partial charge is 0.479 e. The number of fused-ring (bicyclic) bond motifs is 2. The number of carboxylic acid groups (broad SMARTS) is 1. The van der Waals surface area contributed by atoms with Crippen LogP contribution >= 0.6 is 0 Å². The van der Waals surface area contributed by atoms with Crippen LogP contribution in [-0.2, 0) is 33.4 Å². The number of carboxylic acids is 1. The number of hydrogen-bond acceptors (Lipinski definition) is 5. The minimum atomic E-state index is -3.71. The molecule has 0 bridgehead atoms. The fourth-order valence-corrected chi connectivity index (χ4v) is 4.95. The van der Waals surface area contributed by atoms with Gasteiger partial charge in [0.05, 0.1) is 12.0 Å². The fourth-order valence-electron chi connectivity index (χ4n) is 4.95. The molecular formula is C27H27F2NO6. The third-order valence-corrected chi connectivity index (χ3v) is 6.98. The number of hydrogen-bond donors (Lipinski definition) is 2. The largest absolute Gasteiger partial charge is 0.586 e. The molecule has 1 fully saturated rings. The van der Waals surface area contributed by atoms with Gasteiger partial charge < -0.3 is 24.3 Å². The van der Waals surface area contributed by atoms with Gasteiger partial charge in [-0.2, -0.15) is 0 Å². The molecule has 1 aliphatic carbocycles. The van der Waals surface area contributed by atoms with Crippen molar-refractivity contribution in [1.82, 2.24) is 4.57 Å². The van der Waals surface area contributed by atoms with Crippen molar-refractivity contribution in [2.75, 3.05) is 0 Å². The molecule has 190 valence electrons. The normalized spacial score (nSPS) is 18.3. The topological polar surface area (TPSA) is 98.0 Å². The van der Waals surface area contributed by atoms with Crippen molar-refractivity contribution in [3.8, 4) is 11.5 Å². The van der Waals surface area contributed by atoms with E-state index in [-0.39, 0.29) is 35.7 Å². The minimum absolute atomic E-state index is 0.00995. The van der Waals surface area contributed by atoms with Gasteiger partial charge in [-0.25, -0.2) is 4.79 Å². The molecule has 2 N–H and O–H groups in total. The molecule has 3 aromatic rings. The highest BCUT2D eigenvalue weighted by atomic mass is 19.3. The molecule has 0 saturated heterocycles. The lowest BCUT2D eigenvalue weighted by molar-refractivity contribution is -0.286. The number of ketones is 1. The standard InChI is InChI=1S/C27H27F2NO6/c1-25(2,3)22-12-16-10-15(4-6-18(16)30(22)14-19(31)24(33)34)11-23(32)26(8-9-26)17-5-7-20-21(13-17)36-27(28,29)35-20/h4-7,10,12-13,19,31H,8-9,11,14H2,1-3H3,(H,33,34). The Kier molecular flexibility index (Phi) is 5.41. The number of rotatable bonds is 7. The lowest BCUT2D eigenvalue weighted by Crippen LogP contribution is -2.28. The molecule has 36 heavy (non-hydrogen) atoms. The van der Waals surface area contributed by atoms with E-state index in [2.05, 4.69) is 9.47 Å². The number of benzene rings is 2. The average molecular weight is 500 g/mol. The van der Waals surface area contributed by atoms with Gasteiger partial charge in [-0.05, 0) is 54.3 Å². The number of nitrogens with zero attached hydrogens (tertiary/aromatic N) is 1. The van der Waals surface area contributed by atoms with Crippen LogP contribution in [0.3, 0.4) is 0 Å². The quantitative estimate of drug-likeness (QED) is 0.495. The first-order chi connectivity index (χ1) is 16.8. The summed E-state index contributed by atoms with van der Waals surface area (Å²) in [7, 11) is 0. The van der Waals surface area contributed by atoms with E-state index in [1.54, 1.807) is 6.07 Å². The van der Waals surface area contributed by atoms with E-state index in [9.17, 15) is 28.6 Å². The Morgan fingerprint density at radius 3 is 2.39 bits per heavy atom. The van der Waals surface area contributed by atoms with Gasteiger partial charge >= 0.3 is 12.3 Å². The number of aliphatic carboxylic acids is 1. The van der Waals surface area contributed by atoms with Crippen molar-refractivity contribution in [3.05, 3.63) is 59.3 Å². The van der Waals surface area contributed by atoms with E-state index in [4.69, 9.17) is 0 Å². The summed E-state index contributed by atoms with van der Waals surface area (Å²) in [5.74, 6) is -1.42. The molecule has 1 saturated carbocycles. The van der Waals surface area contributed by atoms with Gasteiger partial charge in [-0.3, -0.25) is 4.79 Å². The van der Waals surface area contributed by atoms with Crippen LogP contribution in [-0.4, -0.2) is 38.9 Å². The summed E-state index contributed by atoms with van der Waals surface area (Å²) in [4.78, 5) is 24.6. The van der Waals surface area contributed by atoms with Crippen LogP contribution in [0.5, 0.6) is 11.5 Å². The predicted molar refractivity (Wildman–Crippen MR) is 127 cm³/mol. The molecule has 7 nitrogen and oxygen atoms in total. The molecule has 1 aromatic heterocycles. The summed E-state index contributed by atoms with van der Waals surface area (Å²) in [5.41, 5.74) is 2.03. The number of alkyl halides is 2. The number of aromatic nitrogens is 1. The Labute approximate surface area is 206 Å². The Hall–Kier alpha value is -3.46. The summed E-state index contributed by atoms with van der Waals surface area (Å²) in [6.45, 7) is 5.93. The molecular weight excluding hydrogens is 472 g/mol. The first-order valence-corrected chi connectivity index (χ1v) is 11.8. The molecule has 2 heterocycles. The lowest BCUT2D eigenvalue weighted by Gasteiger charge is -2.23. The van der Waals surface area contributed by atoms with Gasteiger partial charge in [0, 0.05) is 28.4 Å². The van der Waals surface area contributed by atoms with Crippen molar-refractivity contribution in [3.63, 3.8) is 0 Å². The number of ether oxygens (including phenoxy) is 2.